The third-order valence-corrected chi connectivity index (χ3v) is 5.42. The van der Waals surface area contributed by atoms with Crippen LogP contribution in [0, 0.1) is 5.41 Å². The summed E-state index contributed by atoms with van der Waals surface area (Å²) in [7, 11) is 0. The zero-order valence-electron chi connectivity index (χ0n) is 12.2. The number of aliphatic hydroxyl groups excluding tert-OH is 1. The lowest BCUT2D eigenvalue weighted by Gasteiger charge is -2.30. The number of rotatable bonds is 5. The molecule has 2 N–H and O–H groups in total. The second-order valence-electron chi connectivity index (χ2n) is 5.98. The molecule has 2 unspecified atom stereocenters. The van der Waals surface area contributed by atoms with E-state index in [1.807, 2.05) is 24.4 Å². The Labute approximate surface area is 129 Å². The van der Waals surface area contributed by atoms with Crippen molar-refractivity contribution in [3.05, 3.63) is 35.5 Å². The molecule has 0 amide bonds. The van der Waals surface area contributed by atoms with E-state index in [1.165, 1.54) is 11.3 Å². The van der Waals surface area contributed by atoms with Crippen molar-refractivity contribution in [2.24, 2.45) is 5.41 Å². The van der Waals surface area contributed by atoms with Gasteiger partial charge in [-0.3, -0.25) is 4.98 Å². The minimum atomic E-state index is 0.0223. The van der Waals surface area contributed by atoms with Crippen molar-refractivity contribution in [3.8, 4) is 10.7 Å². The lowest BCUT2D eigenvalue weighted by molar-refractivity contribution is 0.118. The lowest BCUT2D eigenvalue weighted by Crippen LogP contribution is -2.41. The van der Waals surface area contributed by atoms with Gasteiger partial charge in [-0.25, -0.2) is 4.98 Å². The molecule has 0 saturated heterocycles. The zero-order chi connectivity index (χ0) is 14.7. The van der Waals surface area contributed by atoms with Gasteiger partial charge in [0, 0.05) is 41.9 Å². The molecule has 1 aliphatic rings. The Balaban J connectivity index is 1.63. The normalized spacial score (nSPS) is 25.3. The quantitative estimate of drug-likeness (QED) is 0.892. The van der Waals surface area contributed by atoms with Crippen LogP contribution in [-0.2, 0) is 6.54 Å². The number of aliphatic hydroxyl groups is 1. The van der Waals surface area contributed by atoms with Crippen LogP contribution < -0.4 is 5.32 Å². The van der Waals surface area contributed by atoms with E-state index >= 15 is 0 Å². The summed E-state index contributed by atoms with van der Waals surface area (Å²) in [5.74, 6) is 0. The summed E-state index contributed by atoms with van der Waals surface area (Å²) in [4.78, 5) is 10.00. The number of hydrogen-bond acceptors (Lipinski definition) is 5. The standard InChI is InChI=1S/C16H21N3OS/c1-16(11-20)7-4-6-14(16)18-9-12-10-19-15(21-12)13-5-2-3-8-17-13/h2-3,5,8,10,14,18,20H,4,6-7,9,11H2,1H3. The fraction of sp³-hybridized carbons (Fsp3) is 0.500. The van der Waals surface area contributed by atoms with Crippen molar-refractivity contribution >= 4 is 11.3 Å². The Morgan fingerprint density at radius 3 is 3.10 bits per heavy atom. The van der Waals surface area contributed by atoms with Crippen LogP contribution in [-0.4, -0.2) is 27.7 Å². The number of aromatic nitrogens is 2. The molecule has 1 saturated carbocycles. The van der Waals surface area contributed by atoms with Crippen LogP contribution in [0.3, 0.4) is 0 Å². The monoisotopic (exact) mass is 303 g/mol. The van der Waals surface area contributed by atoms with Crippen molar-refractivity contribution in [1.82, 2.24) is 15.3 Å². The van der Waals surface area contributed by atoms with Gasteiger partial charge in [0.1, 0.15) is 5.01 Å². The van der Waals surface area contributed by atoms with Crippen LogP contribution in [0.5, 0.6) is 0 Å². The molecule has 0 aromatic carbocycles. The Kier molecular flexibility index (Phi) is 4.33. The topological polar surface area (TPSA) is 58.0 Å². The molecule has 5 heteroatoms. The van der Waals surface area contributed by atoms with Gasteiger partial charge in [0.25, 0.3) is 0 Å². The summed E-state index contributed by atoms with van der Waals surface area (Å²) in [6.45, 7) is 3.24. The van der Waals surface area contributed by atoms with E-state index < -0.39 is 0 Å². The van der Waals surface area contributed by atoms with E-state index in [-0.39, 0.29) is 12.0 Å². The van der Waals surface area contributed by atoms with Crippen LogP contribution in [0.25, 0.3) is 10.7 Å². The molecule has 2 heterocycles. The molecule has 0 spiro atoms. The minimum absolute atomic E-state index is 0.0223. The Morgan fingerprint density at radius 1 is 1.43 bits per heavy atom. The molecule has 1 aliphatic carbocycles. The van der Waals surface area contributed by atoms with Gasteiger partial charge in [-0.15, -0.1) is 11.3 Å². The van der Waals surface area contributed by atoms with Crippen LogP contribution in [0.2, 0.25) is 0 Å². The van der Waals surface area contributed by atoms with Gasteiger partial charge in [0.2, 0.25) is 0 Å². The summed E-state index contributed by atoms with van der Waals surface area (Å²) < 4.78 is 0. The molecular formula is C16H21N3OS. The Morgan fingerprint density at radius 2 is 2.33 bits per heavy atom. The van der Waals surface area contributed by atoms with E-state index in [0.717, 1.165) is 30.1 Å². The average Bonchev–Trinajstić information content (AvgIpc) is 3.13. The summed E-state index contributed by atoms with van der Waals surface area (Å²) in [6.07, 6.45) is 7.15. The van der Waals surface area contributed by atoms with Crippen molar-refractivity contribution in [2.75, 3.05) is 6.61 Å². The van der Waals surface area contributed by atoms with Crippen molar-refractivity contribution in [1.29, 1.82) is 0 Å². The number of nitrogens with zero attached hydrogens (tertiary/aromatic N) is 2. The molecule has 21 heavy (non-hydrogen) atoms. The van der Waals surface area contributed by atoms with Gasteiger partial charge in [-0.2, -0.15) is 0 Å². The number of thiazole rings is 1. The van der Waals surface area contributed by atoms with Gasteiger partial charge in [-0.05, 0) is 25.0 Å². The molecule has 3 rings (SSSR count). The molecule has 0 aliphatic heterocycles. The van der Waals surface area contributed by atoms with Crippen LogP contribution in [0.4, 0.5) is 0 Å². The van der Waals surface area contributed by atoms with E-state index in [4.69, 9.17) is 0 Å². The average molecular weight is 303 g/mol. The molecule has 2 aromatic heterocycles. The van der Waals surface area contributed by atoms with Gasteiger partial charge in [0.05, 0.1) is 5.69 Å². The number of pyridine rings is 1. The Bertz CT molecular complexity index is 586. The third kappa shape index (κ3) is 3.15. The maximum atomic E-state index is 9.59. The molecular weight excluding hydrogens is 282 g/mol. The van der Waals surface area contributed by atoms with Crippen LogP contribution >= 0.6 is 11.3 Å². The third-order valence-electron chi connectivity index (χ3n) is 4.40. The largest absolute Gasteiger partial charge is 0.396 e. The first-order valence-corrected chi connectivity index (χ1v) is 8.23. The first kappa shape index (κ1) is 14.6. The first-order valence-electron chi connectivity index (χ1n) is 7.42. The van der Waals surface area contributed by atoms with Crippen molar-refractivity contribution in [3.63, 3.8) is 0 Å². The molecule has 1 fully saturated rings. The summed E-state index contributed by atoms with van der Waals surface area (Å²) in [5, 5.41) is 14.1. The number of hydrogen-bond donors (Lipinski definition) is 2. The molecule has 2 aromatic rings. The molecule has 0 bridgehead atoms. The fourth-order valence-electron chi connectivity index (χ4n) is 2.99. The second kappa shape index (κ2) is 6.22. The van der Waals surface area contributed by atoms with E-state index in [1.54, 1.807) is 17.5 Å². The maximum Gasteiger partial charge on any atom is 0.142 e. The second-order valence-corrected chi connectivity index (χ2v) is 7.10. The SMILES string of the molecule is CC1(CO)CCCC1NCc1cnc(-c2ccccn2)s1. The van der Waals surface area contributed by atoms with Crippen LogP contribution in [0.15, 0.2) is 30.6 Å². The van der Waals surface area contributed by atoms with E-state index in [2.05, 4.69) is 22.2 Å². The van der Waals surface area contributed by atoms with Crippen LogP contribution in [0.1, 0.15) is 31.1 Å². The van der Waals surface area contributed by atoms with Gasteiger partial charge < -0.3 is 10.4 Å². The zero-order valence-corrected chi connectivity index (χ0v) is 13.1. The highest BCUT2D eigenvalue weighted by Crippen LogP contribution is 2.37. The molecule has 2 atom stereocenters. The van der Waals surface area contributed by atoms with Gasteiger partial charge >= 0.3 is 0 Å². The lowest BCUT2D eigenvalue weighted by atomic mass is 9.86. The van der Waals surface area contributed by atoms with E-state index in [0.29, 0.717) is 6.04 Å². The van der Waals surface area contributed by atoms with Crippen molar-refractivity contribution in [2.45, 2.75) is 38.8 Å². The fourth-order valence-corrected chi connectivity index (χ4v) is 3.83. The Hall–Kier alpha value is -1.30. The summed E-state index contributed by atoms with van der Waals surface area (Å²) in [6, 6.07) is 6.26. The smallest absolute Gasteiger partial charge is 0.142 e. The summed E-state index contributed by atoms with van der Waals surface area (Å²) in [5.41, 5.74) is 0.948. The predicted octanol–water partition coefficient (Wildman–Crippen LogP) is 2.85. The highest BCUT2D eigenvalue weighted by Gasteiger charge is 2.37. The minimum Gasteiger partial charge on any atom is -0.396 e. The summed E-state index contributed by atoms with van der Waals surface area (Å²) >= 11 is 1.68. The number of nitrogens with one attached hydrogen (secondary N) is 1. The highest BCUT2D eigenvalue weighted by atomic mass is 32.1. The van der Waals surface area contributed by atoms with Gasteiger partial charge in [-0.1, -0.05) is 19.4 Å². The molecule has 0 radical (unpaired) electrons. The van der Waals surface area contributed by atoms with Crippen molar-refractivity contribution < 1.29 is 5.11 Å². The highest BCUT2D eigenvalue weighted by molar-refractivity contribution is 7.14. The predicted molar refractivity (Wildman–Crippen MR) is 85.0 cm³/mol. The molecule has 112 valence electrons. The van der Waals surface area contributed by atoms with E-state index in [9.17, 15) is 5.11 Å². The first-order chi connectivity index (χ1) is 10.2. The molecule has 4 nitrogen and oxygen atoms in total. The van der Waals surface area contributed by atoms with Gasteiger partial charge in [0.15, 0.2) is 0 Å². The maximum absolute atomic E-state index is 9.59.